The van der Waals surface area contributed by atoms with Gasteiger partial charge < -0.3 is 5.32 Å². The molecule has 1 aliphatic rings. The van der Waals surface area contributed by atoms with Crippen molar-refractivity contribution >= 4 is 0 Å². The predicted octanol–water partition coefficient (Wildman–Crippen LogP) is -0.216. The average molecular weight is 224 g/mol. The van der Waals surface area contributed by atoms with Crippen molar-refractivity contribution in [3.63, 3.8) is 0 Å². The maximum Gasteiger partial charge on any atom is 0.188 e. The molecule has 1 aliphatic heterocycles. The number of rotatable bonds is 3. The Labute approximate surface area is 96.0 Å². The van der Waals surface area contributed by atoms with Crippen molar-refractivity contribution < 1.29 is 0 Å². The van der Waals surface area contributed by atoms with Crippen LogP contribution in [0.1, 0.15) is 26.1 Å². The molecule has 0 radical (unpaired) electrons. The van der Waals surface area contributed by atoms with E-state index in [1.807, 2.05) is 0 Å². The van der Waals surface area contributed by atoms with Gasteiger partial charge in [0.25, 0.3) is 0 Å². The van der Waals surface area contributed by atoms with Crippen molar-refractivity contribution in [3.05, 3.63) is 5.82 Å². The molecule has 1 atom stereocenters. The minimum absolute atomic E-state index is 0.206. The Balaban J connectivity index is 2.07. The highest BCUT2D eigenvalue weighted by Crippen LogP contribution is 2.22. The molecule has 1 unspecified atom stereocenters. The lowest BCUT2D eigenvalue weighted by Gasteiger charge is -2.44. The van der Waals surface area contributed by atoms with Crippen LogP contribution in [0.5, 0.6) is 0 Å². The van der Waals surface area contributed by atoms with Crippen molar-refractivity contribution in [2.75, 3.05) is 19.6 Å². The highest BCUT2D eigenvalue weighted by atomic mass is 15.6. The molecular formula is C10H20N6. The minimum atomic E-state index is 0.206. The first-order valence-electron chi connectivity index (χ1n) is 5.83. The lowest BCUT2D eigenvalue weighted by atomic mass is 9.94. The van der Waals surface area contributed by atoms with Gasteiger partial charge in [-0.3, -0.25) is 4.90 Å². The van der Waals surface area contributed by atoms with E-state index in [2.05, 4.69) is 39.5 Å². The molecule has 0 aromatic carbocycles. The van der Waals surface area contributed by atoms with E-state index in [1.165, 1.54) is 4.80 Å². The maximum atomic E-state index is 4.24. The van der Waals surface area contributed by atoms with Gasteiger partial charge in [-0.25, -0.2) is 0 Å². The number of aryl methyl sites for hydroxylation is 1. The standard InChI is InChI=1S/C10H20N6/c1-4-10(2)8-11-5-6-16(10)7-9-12-14-15(3)13-9/h11H,4-8H2,1-3H3. The Morgan fingerprint density at radius 1 is 1.50 bits per heavy atom. The van der Waals surface area contributed by atoms with Crippen LogP contribution >= 0.6 is 0 Å². The molecule has 2 rings (SSSR count). The molecular weight excluding hydrogens is 204 g/mol. The quantitative estimate of drug-likeness (QED) is 0.769. The fourth-order valence-corrected chi connectivity index (χ4v) is 2.13. The molecule has 6 nitrogen and oxygen atoms in total. The zero-order chi connectivity index (χ0) is 11.6. The minimum Gasteiger partial charge on any atom is -0.314 e. The average Bonchev–Trinajstić information content (AvgIpc) is 2.68. The van der Waals surface area contributed by atoms with Gasteiger partial charge in [-0.15, -0.1) is 10.2 Å². The van der Waals surface area contributed by atoms with E-state index >= 15 is 0 Å². The Morgan fingerprint density at radius 3 is 2.94 bits per heavy atom. The molecule has 2 heterocycles. The molecule has 90 valence electrons. The highest BCUT2D eigenvalue weighted by molar-refractivity contribution is 4.93. The number of hydrogen-bond acceptors (Lipinski definition) is 5. The van der Waals surface area contributed by atoms with Gasteiger partial charge in [0.1, 0.15) is 0 Å². The third kappa shape index (κ3) is 2.22. The fraction of sp³-hybridized carbons (Fsp3) is 0.900. The molecule has 1 saturated heterocycles. The summed E-state index contributed by atoms with van der Waals surface area (Å²) in [4.78, 5) is 3.96. The molecule has 6 heteroatoms. The van der Waals surface area contributed by atoms with Crippen molar-refractivity contribution in [2.45, 2.75) is 32.4 Å². The van der Waals surface area contributed by atoms with E-state index in [-0.39, 0.29) is 5.54 Å². The maximum absolute atomic E-state index is 4.24. The Hall–Kier alpha value is -1.01. The van der Waals surface area contributed by atoms with Crippen LogP contribution in [0.25, 0.3) is 0 Å². The van der Waals surface area contributed by atoms with Crippen LogP contribution < -0.4 is 5.32 Å². The second-order valence-electron chi connectivity index (χ2n) is 4.64. The van der Waals surface area contributed by atoms with E-state index in [0.29, 0.717) is 0 Å². The molecule has 0 saturated carbocycles. The van der Waals surface area contributed by atoms with Crippen molar-refractivity contribution in [1.82, 2.24) is 30.4 Å². The lowest BCUT2D eigenvalue weighted by Crippen LogP contribution is -2.58. The zero-order valence-corrected chi connectivity index (χ0v) is 10.3. The number of hydrogen-bond donors (Lipinski definition) is 1. The van der Waals surface area contributed by atoms with Gasteiger partial charge in [0.15, 0.2) is 5.82 Å². The van der Waals surface area contributed by atoms with Crippen LogP contribution in [-0.4, -0.2) is 50.3 Å². The molecule has 16 heavy (non-hydrogen) atoms. The van der Waals surface area contributed by atoms with Crippen molar-refractivity contribution in [1.29, 1.82) is 0 Å². The summed E-state index contributed by atoms with van der Waals surface area (Å²) in [6, 6.07) is 0. The summed E-state index contributed by atoms with van der Waals surface area (Å²) in [6.45, 7) is 8.42. The third-order valence-electron chi connectivity index (χ3n) is 3.47. The van der Waals surface area contributed by atoms with Crippen LogP contribution in [-0.2, 0) is 13.6 Å². The normalized spacial score (nSPS) is 27.2. The monoisotopic (exact) mass is 224 g/mol. The number of aromatic nitrogens is 4. The number of nitrogens with one attached hydrogen (secondary N) is 1. The highest BCUT2D eigenvalue weighted by Gasteiger charge is 2.33. The molecule has 0 bridgehead atoms. The summed E-state index contributed by atoms with van der Waals surface area (Å²) in [5.74, 6) is 0.809. The second-order valence-corrected chi connectivity index (χ2v) is 4.64. The van der Waals surface area contributed by atoms with Gasteiger partial charge in [-0.2, -0.15) is 4.80 Å². The SMILES string of the molecule is CCC1(C)CNCCN1Cc1nnn(C)n1. The molecule has 0 spiro atoms. The molecule has 1 aromatic rings. The van der Waals surface area contributed by atoms with E-state index in [9.17, 15) is 0 Å². The topological polar surface area (TPSA) is 58.9 Å². The van der Waals surface area contributed by atoms with Crippen molar-refractivity contribution in [3.8, 4) is 0 Å². The van der Waals surface area contributed by atoms with E-state index in [4.69, 9.17) is 0 Å². The van der Waals surface area contributed by atoms with Crippen molar-refractivity contribution in [2.24, 2.45) is 7.05 Å². The molecule has 1 aromatic heterocycles. The number of piperazine rings is 1. The smallest absolute Gasteiger partial charge is 0.188 e. The van der Waals surface area contributed by atoms with Crippen LogP contribution in [0.3, 0.4) is 0 Å². The van der Waals surface area contributed by atoms with E-state index in [0.717, 1.165) is 38.4 Å². The zero-order valence-electron chi connectivity index (χ0n) is 10.3. The summed E-state index contributed by atoms with van der Waals surface area (Å²) < 4.78 is 0. The number of nitrogens with zero attached hydrogens (tertiary/aromatic N) is 5. The van der Waals surface area contributed by atoms with E-state index in [1.54, 1.807) is 7.05 Å². The van der Waals surface area contributed by atoms with Gasteiger partial charge in [-0.1, -0.05) is 6.92 Å². The van der Waals surface area contributed by atoms with Gasteiger partial charge in [-0.05, 0) is 18.6 Å². The largest absolute Gasteiger partial charge is 0.314 e. The van der Waals surface area contributed by atoms with E-state index < -0.39 is 0 Å². The first-order valence-corrected chi connectivity index (χ1v) is 5.83. The summed E-state index contributed by atoms with van der Waals surface area (Å²) >= 11 is 0. The molecule has 0 aliphatic carbocycles. The van der Waals surface area contributed by atoms with Crippen LogP contribution in [0.15, 0.2) is 0 Å². The van der Waals surface area contributed by atoms with Gasteiger partial charge >= 0.3 is 0 Å². The molecule has 1 N–H and O–H groups in total. The number of tetrazole rings is 1. The Morgan fingerprint density at radius 2 is 2.31 bits per heavy atom. The summed E-state index contributed by atoms with van der Waals surface area (Å²) in [5, 5.41) is 15.6. The van der Waals surface area contributed by atoms with Crippen LogP contribution in [0, 0.1) is 0 Å². The van der Waals surface area contributed by atoms with Crippen LogP contribution in [0.2, 0.25) is 0 Å². The Kier molecular flexibility index (Phi) is 3.20. The van der Waals surface area contributed by atoms with Gasteiger partial charge in [0, 0.05) is 25.2 Å². The van der Waals surface area contributed by atoms with Gasteiger partial charge in [0.05, 0.1) is 13.6 Å². The second kappa shape index (κ2) is 4.47. The summed E-state index contributed by atoms with van der Waals surface area (Å²) in [5.41, 5.74) is 0.206. The summed E-state index contributed by atoms with van der Waals surface area (Å²) in [7, 11) is 1.80. The first kappa shape index (κ1) is 11.5. The fourth-order valence-electron chi connectivity index (χ4n) is 2.13. The summed E-state index contributed by atoms with van der Waals surface area (Å²) in [6.07, 6.45) is 1.13. The predicted molar refractivity (Wildman–Crippen MR) is 60.8 cm³/mol. The van der Waals surface area contributed by atoms with Crippen LogP contribution in [0.4, 0.5) is 0 Å². The lowest BCUT2D eigenvalue weighted by molar-refractivity contribution is 0.0611. The Bertz CT molecular complexity index is 349. The van der Waals surface area contributed by atoms with Gasteiger partial charge in [0.2, 0.25) is 0 Å². The molecule has 0 amide bonds. The third-order valence-corrected chi connectivity index (χ3v) is 3.47. The first-order chi connectivity index (χ1) is 7.64. The molecule has 1 fully saturated rings.